The van der Waals surface area contributed by atoms with E-state index < -0.39 is 0 Å². The molecule has 2 aromatic rings. The summed E-state index contributed by atoms with van der Waals surface area (Å²) in [6.07, 6.45) is 1.62. The highest BCUT2D eigenvalue weighted by Gasteiger charge is 2.08. The molecule has 2 rings (SSSR count). The molecule has 0 bridgehead atoms. The van der Waals surface area contributed by atoms with Crippen molar-refractivity contribution in [3.05, 3.63) is 41.6 Å². The summed E-state index contributed by atoms with van der Waals surface area (Å²) in [4.78, 5) is 4.10. The van der Waals surface area contributed by atoms with Crippen LogP contribution in [0.3, 0.4) is 0 Å². The minimum absolute atomic E-state index is 0.131. The predicted octanol–water partition coefficient (Wildman–Crippen LogP) is 3.12. The van der Waals surface area contributed by atoms with E-state index in [0.29, 0.717) is 16.5 Å². The number of benzene rings is 1. The molecule has 0 aliphatic heterocycles. The van der Waals surface area contributed by atoms with E-state index in [1.165, 1.54) is 0 Å². The zero-order chi connectivity index (χ0) is 11.5. The second-order valence-electron chi connectivity index (χ2n) is 3.22. The maximum absolute atomic E-state index is 9.66. The lowest BCUT2D eigenvalue weighted by Crippen LogP contribution is -1.87. The lowest BCUT2D eigenvalue weighted by atomic mass is 10.1. The number of aromatic hydroxyl groups is 1. The van der Waals surface area contributed by atoms with Crippen molar-refractivity contribution in [3.8, 4) is 22.8 Å². The van der Waals surface area contributed by atoms with Gasteiger partial charge in [0.15, 0.2) is 0 Å². The van der Waals surface area contributed by atoms with Crippen molar-refractivity contribution < 1.29 is 9.84 Å². The SMILES string of the molecule is COc1cc(-c2ncccc2O)ccc1Cl. The van der Waals surface area contributed by atoms with Crippen molar-refractivity contribution in [2.45, 2.75) is 0 Å². The molecule has 0 aliphatic rings. The molecule has 0 atom stereocenters. The van der Waals surface area contributed by atoms with Gasteiger partial charge in [-0.3, -0.25) is 4.98 Å². The molecule has 1 aromatic heterocycles. The third-order valence-electron chi connectivity index (χ3n) is 2.21. The number of hydrogen-bond acceptors (Lipinski definition) is 3. The number of aromatic nitrogens is 1. The predicted molar refractivity (Wildman–Crippen MR) is 62.9 cm³/mol. The topological polar surface area (TPSA) is 42.4 Å². The largest absolute Gasteiger partial charge is 0.506 e. The van der Waals surface area contributed by atoms with Crippen LogP contribution in [-0.4, -0.2) is 17.2 Å². The van der Waals surface area contributed by atoms with Crippen LogP contribution >= 0.6 is 11.6 Å². The van der Waals surface area contributed by atoms with E-state index in [9.17, 15) is 5.11 Å². The molecular weight excluding hydrogens is 226 g/mol. The van der Waals surface area contributed by atoms with E-state index in [1.807, 2.05) is 0 Å². The van der Waals surface area contributed by atoms with Crippen molar-refractivity contribution >= 4 is 11.6 Å². The monoisotopic (exact) mass is 235 g/mol. The molecule has 4 heteroatoms. The van der Waals surface area contributed by atoms with Crippen molar-refractivity contribution in [1.29, 1.82) is 0 Å². The Morgan fingerprint density at radius 3 is 2.81 bits per heavy atom. The van der Waals surface area contributed by atoms with Crippen LogP contribution in [0.1, 0.15) is 0 Å². The molecule has 0 saturated carbocycles. The maximum atomic E-state index is 9.66. The number of halogens is 1. The summed E-state index contributed by atoms with van der Waals surface area (Å²) in [6, 6.07) is 8.50. The molecule has 1 aromatic carbocycles. The van der Waals surface area contributed by atoms with E-state index in [4.69, 9.17) is 16.3 Å². The Labute approximate surface area is 98.3 Å². The first-order valence-corrected chi connectivity index (χ1v) is 5.08. The van der Waals surface area contributed by atoms with Crippen molar-refractivity contribution in [2.75, 3.05) is 7.11 Å². The Morgan fingerprint density at radius 1 is 1.31 bits per heavy atom. The summed E-state index contributed by atoms with van der Waals surface area (Å²) in [5.74, 6) is 0.691. The molecule has 3 nitrogen and oxygen atoms in total. The summed E-state index contributed by atoms with van der Waals surface area (Å²) in [5.41, 5.74) is 1.27. The zero-order valence-electron chi connectivity index (χ0n) is 8.64. The van der Waals surface area contributed by atoms with Crippen LogP contribution in [0.25, 0.3) is 11.3 Å². The number of hydrogen-bond donors (Lipinski definition) is 1. The minimum atomic E-state index is 0.131. The summed E-state index contributed by atoms with van der Waals surface area (Å²) >= 11 is 5.92. The number of ether oxygens (including phenoxy) is 1. The van der Waals surface area contributed by atoms with E-state index in [2.05, 4.69) is 4.98 Å². The molecule has 0 aliphatic carbocycles. The minimum Gasteiger partial charge on any atom is -0.506 e. The van der Waals surface area contributed by atoms with E-state index >= 15 is 0 Å². The fraction of sp³-hybridized carbons (Fsp3) is 0.0833. The molecule has 0 unspecified atom stereocenters. The zero-order valence-corrected chi connectivity index (χ0v) is 9.40. The molecule has 0 amide bonds. The second-order valence-corrected chi connectivity index (χ2v) is 3.63. The molecule has 0 fully saturated rings. The molecule has 1 N–H and O–H groups in total. The lowest BCUT2D eigenvalue weighted by Gasteiger charge is -2.07. The third-order valence-corrected chi connectivity index (χ3v) is 2.52. The van der Waals surface area contributed by atoms with Gasteiger partial charge in [-0.1, -0.05) is 17.7 Å². The Hall–Kier alpha value is -1.74. The first-order chi connectivity index (χ1) is 7.72. The van der Waals surface area contributed by atoms with Gasteiger partial charge in [-0.25, -0.2) is 0 Å². The van der Waals surface area contributed by atoms with Gasteiger partial charge in [0.2, 0.25) is 0 Å². The third kappa shape index (κ3) is 1.95. The molecule has 82 valence electrons. The summed E-state index contributed by atoms with van der Waals surface area (Å²) in [7, 11) is 1.54. The van der Waals surface area contributed by atoms with Crippen LogP contribution in [0, 0.1) is 0 Å². The van der Waals surface area contributed by atoms with Crippen LogP contribution in [0.15, 0.2) is 36.5 Å². The van der Waals surface area contributed by atoms with Gasteiger partial charge in [0.25, 0.3) is 0 Å². The lowest BCUT2D eigenvalue weighted by molar-refractivity contribution is 0.415. The van der Waals surface area contributed by atoms with Crippen molar-refractivity contribution in [1.82, 2.24) is 4.98 Å². The molecular formula is C12H10ClNO2. The fourth-order valence-electron chi connectivity index (χ4n) is 1.43. The number of pyridine rings is 1. The standard InChI is InChI=1S/C12H10ClNO2/c1-16-11-7-8(4-5-9(11)13)12-10(15)3-2-6-14-12/h2-7,15H,1H3. The Kier molecular flexibility index (Phi) is 2.97. The van der Waals surface area contributed by atoms with Crippen LogP contribution in [0.2, 0.25) is 5.02 Å². The highest BCUT2D eigenvalue weighted by atomic mass is 35.5. The number of rotatable bonds is 2. The highest BCUT2D eigenvalue weighted by molar-refractivity contribution is 6.32. The van der Waals surface area contributed by atoms with Crippen molar-refractivity contribution in [2.24, 2.45) is 0 Å². The van der Waals surface area contributed by atoms with Gasteiger partial charge >= 0.3 is 0 Å². The molecule has 0 spiro atoms. The average Bonchev–Trinajstić information content (AvgIpc) is 2.31. The first kappa shape index (κ1) is 10.8. The van der Waals surface area contributed by atoms with Gasteiger partial charge in [-0.05, 0) is 24.3 Å². The quantitative estimate of drug-likeness (QED) is 0.870. The van der Waals surface area contributed by atoms with Gasteiger partial charge in [-0.15, -0.1) is 0 Å². The first-order valence-electron chi connectivity index (χ1n) is 4.70. The molecule has 1 heterocycles. The smallest absolute Gasteiger partial charge is 0.141 e. The molecule has 16 heavy (non-hydrogen) atoms. The van der Waals surface area contributed by atoms with Gasteiger partial charge < -0.3 is 9.84 Å². The summed E-state index contributed by atoms with van der Waals surface area (Å²) in [6.45, 7) is 0. The van der Waals surface area contributed by atoms with E-state index in [-0.39, 0.29) is 5.75 Å². The van der Waals surface area contributed by atoms with Gasteiger partial charge in [0, 0.05) is 11.8 Å². The van der Waals surface area contributed by atoms with Gasteiger partial charge in [0.1, 0.15) is 17.2 Å². The Morgan fingerprint density at radius 2 is 2.12 bits per heavy atom. The number of methoxy groups -OCH3 is 1. The second kappa shape index (κ2) is 4.41. The van der Waals surface area contributed by atoms with Crippen LogP contribution in [0.5, 0.6) is 11.5 Å². The fourth-order valence-corrected chi connectivity index (χ4v) is 1.62. The van der Waals surface area contributed by atoms with Crippen LogP contribution in [-0.2, 0) is 0 Å². The van der Waals surface area contributed by atoms with E-state index in [1.54, 1.807) is 43.6 Å². The Bertz CT molecular complexity index is 514. The highest BCUT2D eigenvalue weighted by Crippen LogP contribution is 2.32. The van der Waals surface area contributed by atoms with Crippen molar-refractivity contribution in [3.63, 3.8) is 0 Å². The maximum Gasteiger partial charge on any atom is 0.141 e. The van der Waals surface area contributed by atoms with Gasteiger partial charge in [-0.2, -0.15) is 0 Å². The van der Waals surface area contributed by atoms with Gasteiger partial charge in [0.05, 0.1) is 12.1 Å². The average molecular weight is 236 g/mol. The normalized spacial score (nSPS) is 10.1. The Balaban J connectivity index is 2.53. The van der Waals surface area contributed by atoms with Crippen LogP contribution in [0.4, 0.5) is 0 Å². The summed E-state index contributed by atoms with van der Waals surface area (Å²) in [5, 5.41) is 10.2. The summed E-state index contributed by atoms with van der Waals surface area (Å²) < 4.78 is 5.11. The van der Waals surface area contributed by atoms with Crippen LogP contribution < -0.4 is 4.74 Å². The van der Waals surface area contributed by atoms with E-state index in [0.717, 1.165) is 5.56 Å². The number of nitrogens with zero attached hydrogens (tertiary/aromatic N) is 1. The molecule has 0 saturated heterocycles. The molecule has 0 radical (unpaired) electrons.